The first kappa shape index (κ1) is 44.1. The molecule has 0 spiro atoms. The number of hydrogen-bond donors (Lipinski definition) is 0. The first-order valence-corrected chi connectivity index (χ1v) is 20.5. The molecule has 0 bridgehead atoms. The lowest BCUT2D eigenvalue weighted by Gasteiger charge is -2.20. The maximum Gasteiger partial charge on any atom is 0.0410 e. The maximum absolute atomic E-state index is 2.21. The Hall–Kier alpha value is -7.04. The van der Waals surface area contributed by atoms with Crippen LogP contribution in [0.3, 0.4) is 0 Å². The molecule has 0 fully saturated rings. The van der Waals surface area contributed by atoms with E-state index < -0.39 is 0 Å². The molecule has 0 atom stereocenters. The molecule has 0 unspecified atom stereocenters. The summed E-state index contributed by atoms with van der Waals surface area (Å²) in [5, 5.41) is 0. The summed E-state index contributed by atoms with van der Waals surface area (Å²) < 4.78 is 0. The molecule has 0 radical (unpaired) electrons. The molecule has 4 heteroatoms. The van der Waals surface area contributed by atoms with Gasteiger partial charge in [0.05, 0.1) is 0 Å². The van der Waals surface area contributed by atoms with E-state index in [0.29, 0.717) is 0 Å². The number of aryl methyl sites for hydroxylation is 4. The SMILES string of the molecule is CN(c1ccccc1)c1ccccc1.CN(c1ccccc1)c1ccccc1.Cc1cccc(N(C)c2cccc(C)c2)c1.Cc1cccc(N(C)c2cccc(C)c2)c1. The van der Waals surface area contributed by atoms with Crippen molar-refractivity contribution < 1.29 is 0 Å². The number of anilines is 8. The topological polar surface area (TPSA) is 13.0 Å². The highest BCUT2D eigenvalue weighted by atomic mass is 15.1. The van der Waals surface area contributed by atoms with Crippen LogP contribution < -0.4 is 19.6 Å². The Morgan fingerprint density at radius 2 is 0.367 bits per heavy atom. The van der Waals surface area contributed by atoms with Gasteiger partial charge in [-0.2, -0.15) is 0 Å². The summed E-state index contributed by atoms with van der Waals surface area (Å²) >= 11 is 0. The second kappa shape index (κ2) is 22.8. The Kier molecular flexibility index (Phi) is 16.7. The third-order valence-electron chi connectivity index (χ3n) is 10.1. The highest BCUT2D eigenvalue weighted by molar-refractivity contribution is 5.65. The number of para-hydroxylation sites is 4. The number of nitrogens with zero attached hydrogens (tertiary/aromatic N) is 4. The van der Waals surface area contributed by atoms with Gasteiger partial charge in [-0.3, -0.25) is 0 Å². The van der Waals surface area contributed by atoms with Gasteiger partial charge in [-0.1, -0.05) is 121 Å². The molecule has 0 aromatic heterocycles. The van der Waals surface area contributed by atoms with Crippen molar-refractivity contribution in [1.29, 1.82) is 0 Å². The molecule has 0 N–H and O–H groups in total. The Balaban J connectivity index is 0.000000152. The number of rotatable bonds is 8. The monoisotopic (exact) mass is 788 g/mol. The zero-order valence-electron chi connectivity index (χ0n) is 36.6. The fourth-order valence-electron chi connectivity index (χ4n) is 6.55. The van der Waals surface area contributed by atoms with Crippen LogP contribution in [0.25, 0.3) is 0 Å². The van der Waals surface area contributed by atoms with Gasteiger partial charge in [0.2, 0.25) is 0 Å². The fraction of sp³-hybridized carbons (Fsp3) is 0.143. The van der Waals surface area contributed by atoms with E-state index in [1.54, 1.807) is 0 Å². The quantitative estimate of drug-likeness (QED) is 0.152. The minimum Gasteiger partial charge on any atom is -0.345 e. The molecule has 0 saturated carbocycles. The summed E-state index contributed by atoms with van der Waals surface area (Å²) in [5.74, 6) is 0. The van der Waals surface area contributed by atoms with E-state index in [-0.39, 0.29) is 0 Å². The fourth-order valence-corrected chi connectivity index (χ4v) is 6.55. The van der Waals surface area contributed by atoms with Crippen molar-refractivity contribution in [3.05, 3.63) is 241 Å². The lowest BCUT2D eigenvalue weighted by molar-refractivity contribution is 1.19. The van der Waals surface area contributed by atoms with Crippen LogP contribution in [0, 0.1) is 27.7 Å². The van der Waals surface area contributed by atoms with Crippen LogP contribution in [0.15, 0.2) is 218 Å². The Morgan fingerprint density at radius 3 is 0.550 bits per heavy atom. The van der Waals surface area contributed by atoms with Crippen LogP contribution >= 0.6 is 0 Å². The summed E-state index contributed by atoms with van der Waals surface area (Å²) in [4.78, 5) is 8.75. The van der Waals surface area contributed by atoms with Crippen molar-refractivity contribution in [3.63, 3.8) is 0 Å². The second-order valence-electron chi connectivity index (χ2n) is 14.9. The van der Waals surface area contributed by atoms with Gasteiger partial charge in [0.25, 0.3) is 0 Å². The molecule has 60 heavy (non-hydrogen) atoms. The average molecular weight is 789 g/mol. The normalized spacial score (nSPS) is 10.0. The Bertz CT molecular complexity index is 2090. The van der Waals surface area contributed by atoms with E-state index in [0.717, 1.165) is 0 Å². The molecule has 304 valence electrons. The lowest BCUT2D eigenvalue weighted by atomic mass is 10.1. The molecular formula is C56H60N4. The first-order chi connectivity index (χ1) is 29.1. The summed E-state index contributed by atoms with van der Waals surface area (Å²) in [6, 6.07) is 75.5. The van der Waals surface area contributed by atoms with Gasteiger partial charge in [-0.05, 0) is 147 Å². The number of hydrogen-bond acceptors (Lipinski definition) is 4. The van der Waals surface area contributed by atoms with Gasteiger partial charge in [0.15, 0.2) is 0 Å². The molecule has 0 heterocycles. The van der Waals surface area contributed by atoms with E-state index in [1.807, 2.05) is 24.3 Å². The zero-order chi connectivity index (χ0) is 42.7. The smallest absolute Gasteiger partial charge is 0.0410 e. The van der Waals surface area contributed by atoms with E-state index in [1.165, 1.54) is 67.8 Å². The highest BCUT2D eigenvalue weighted by Gasteiger charge is 2.05. The summed E-state index contributed by atoms with van der Waals surface area (Å²) in [6.07, 6.45) is 0. The highest BCUT2D eigenvalue weighted by Crippen LogP contribution is 2.27. The third-order valence-corrected chi connectivity index (χ3v) is 10.1. The molecule has 0 aliphatic heterocycles. The van der Waals surface area contributed by atoms with Gasteiger partial charge in [0, 0.05) is 73.7 Å². The average Bonchev–Trinajstić information content (AvgIpc) is 3.30. The maximum atomic E-state index is 2.21. The van der Waals surface area contributed by atoms with Crippen LogP contribution in [-0.2, 0) is 0 Å². The van der Waals surface area contributed by atoms with Crippen LogP contribution in [-0.4, -0.2) is 28.2 Å². The van der Waals surface area contributed by atoms with Crippen LogP contribution in [0.5, 0.6) is 0 Å². The molecule has 0 saturated heterocycles. The van der Waals surface area contributed by atoms with E-state index >= 15 is 0 Å². The van der Waals surface area contributed by atoms with E-state index in [9.17, 15) is 0 Å². The largest absolute Gasteiger partial charge is 0.345 e. The summed E-state index contributed by atoms with van der Waals surface area (Å²) in [6.45, 7) is 8.47. The van der Waals surface area contributed by atoms with Crippen LogP contribution in [0.2, 0.25) is 0 Å². The van der Waals surface area contributed by atoms with Crippen molar-refractivity contribution in [2.45, 2.75) is 27.7 Å². The van der Waals surface area contributed by atoms with Gasteiger partial charge in [-0.25, -0.2) is 0 Å². The van der Waals surface area contributed by atoms with Crippen molar-refractivity contribution in [2.24, 2.45) is 0 Å². The van der Waals surface area contributed by atoms with Crippen molar-refractivity contribution in [2.75, 3.05) is 47.8 Å². The van der Waals surface area contributed by atoms with Gasteiger partial charge in [0.1, 0.15) is 0 Å². The van der Waals surface area contributed by atoms with Crippen molar-refractivity contribution in [3.8, 4) is 0 Å². The van der Waals surface area contributed by atoms with E-state index in [2.05, 4.69) is 270 Å². The standard InChI is InChI=1S/2C15H17N.2C13H13N/c2*1-12-6-4-8-14(10-12)16(3)15-9-5-7-13(2)11-15;2*1-14(12-8-4-2-5-9-12)13-10-6-3-7-11-13/h2*4-11H,1-3H3;2*2-11H,1H3. The third kappa shape index (κ3) is 13.5. The van der Waals surface area contributed by atoms with Crippen LogP contribution in [0.1, 0.15) is 22.3 Å². The van der Waals surface area contributed by atoms with Crippen LogP contribution in [0.4, 0.5) is 45.5 Å². The molecule has 8 aromatic rings. The molecular weight excluding hydrogens is 729 g/mol. The predicted octanol–water partition coefficient (Wildman–Crippen LogP) is 15.1. The second-order valence-corrected chi connectivity index (χ2v) is 14.9. The van der Waals surface area contributed by atoms with E-state index in [4.69, 9.17) is 0 Å². The van der Waals surface area contributed by atoms with Crippen molar-refractivity contribution >= 4 is 45.5 Å². The van der Waals surface area contributed by atoms with Gasteiger partial charge < -0.3 is 19.6 Å². The molecule has 8 aromatic carbocycles. The predicted molar refractivity (Wildman–Crippen MR) is 263 cm³/mol. The first-order valence-electron chi connectivity index (χ1n) is 20.5. The molecule has 0 amide bonds. The molecule has 8 rings (SSSR count). The molecule has 4 nitrogen and oxygen atoms in total. The minimum atomic E-state index is 1.21. The van der Waals surface area contributed by atoms with Crippen molar-refractivity contribution in [1.82, 2.24) is 0 Å². The number of benzene rings is 8. The molecule has 0 aliphatic rings. The lowest BCUT2D eigenvalue weighted by Crippen LogP contribution is -2.09. The zero-order valence-corrected chi connectivity index (χ0v) is 36.6. The Labute approximate surface area is 360 Å². The minimum absolute atomic E-state index is 1.21. The summed E-state index contributed by atoms with van der Waals surface area (Å²) in [7, 11) is 8.35. The summed E-state index contributed by atoms with van der Waals surface area (Å²) in [5.41, 5.74) is 14.9. The van der Waals surface area contributed by atoms with Gasteiger partial charge in [-0.15, -0.1) is 0 Å². The Morgan fingerprint density at radius 1 is 0.200 bits per heavy atom. The molecule has 0 aliphatic carbocycles. The van der Waals surface area contributed by atoms with Gasteiger partial charge >= 0.3 is 0 Å².